The van der Waals surface area contributed by atoms with Gasteiger partial charge < -0.3 is 15.5 Å². The molecular formula is C22H22N2O5S. The highest BCUT2D eigenvalue weighted by Gasteiger charge is 2.22. The molecule has 7 nitrogen and oxygen atoms in total. The zero-order valence-corrected chi connectivity index (χ0v) is 17.2. The molecule has 8 heteroatoms. The molecule has 2 aromatic carbocycles. The normalized spacial score (nSPS) is 11.9. The molecule has 0 aliphatic rings. The molecule has 0 spiro atoms. The van der Waals surface area contributed by atoms with Gasteiger partial charge in [0.05, 0.1) is 17.1 Å². The Morgan fingerprint density at radius 1 is 1.10 bits per heavy atom. The molecule has 1 unspecified atom stereocenters. The fourth-order valence-electron chi connectivity index (χ4n) is 3.25. The third-order valence-electron chi connectivity index (χ3n) is 4.76. The topological polar surface area (TPSA) is 117 Å². The van der Waals surface area contributed by atoms with E-state index in [1.54, 1.807) is 0 Å². The Balaban J connectivity index is 1.69. The number of carbonyl (C=O) groups excluding carboxylic acids is 1. The molecule has 0 aliphatic heterocycles. The van der Waals surface area contributed by atoms with Gasteiger partial charge in [0, 0.05) is 17.7 Å². The SMILES string of the molecule is Cc1nc(Cc2cccc3ccccc23)sc1CC(=O)NC(CCC(=O)O)C(=O)O. The summed E-state index contributed by atoms with van der Waals surface area (Å²) in [7, 11) is 0. The van der Waals surface area contributed by atoms with Crippen molar-refractivity contribution in [3.8, 4) is 0 Å². The second-order valence-corrected chi connectivity index (χ2v) is 8.17. The Labute approximate surface area is 177 Å². The first-order valence-electron chi connectivity index (χ1n) is 9.49. The Hall–Kier alpha value is -3.26. The predicted molar refractivity (Wildman–Crippen MR) is 114 cm³/mol. The van der Waals surface area contributed by atoms with E-state index in [0.29, 0.717) is 6.42 Å². The van der Waals surface area contributed by atoms with Crippen LogP contribution in [0, 0.1) is 6.92 Å². The van der Waals surface area contributed by atoms with Gasteiger partial charge >= 0.3 is 11.9 Å². The maximum atomic E-state index is 12.3. The van der Waals surface area contributed by atoms with Crippen molar-refractivity contribution in [1.82, 2.24) is 10.3 Å². The van der Waals surface area contributed by atoms with E-state index in [9.17, 15) is 19.5 Å². The van der Waals surface area contributed by atoms with Crippen LogP contribution < -0.4 is 5.32 Å². The van der Waals surface area contributed by atoms with Crippen LogP contribution in [0.2, 0.25) is 0 Å². The molecule has 3 aromatic rings. The van der Waals surface area contributed by atoms with Crippen molar-refractivity contribution in [1.29, 1.82) is 0 Å². The van der Waals surface area contributed by atoms with Gasteiger partial charge in [0.1, 0.15) is 6.04 Å². The number of fused-ring (bicyclic) bond motifs is 1. The van der Waals surface area contributed by atoms with Gasteiger partial charge in [0.2, 0.25) is 5.91 Å². The molecule has 1 aromatic heterocycles. The van der Waals surface area contributed by atoms with Crippen molar-refractivity contribution in [2.24, 2.45) is 0 Å². The van der Waals surface area contributed by atoms with Crippen LogP contribution in [-0.2, 0) is 27.2 Å². The van der Waals surface area contributed by atoms with Crippen LogP contribution >= 0.6 is 11.3 Å². The molecule has 3 rings (SSSR count). The molecule has 0 bridgehead atoms. The fraction of sp³-hybridized carbons (Fsp3) is 0.273. The van der Waals surface area contributed by atoms with Gasteiger partial charge in [-0.1, -0.05) is 42.5 Å². The van der Waals surface area contributed by atoms with Gasteiger partial charge in [-0.2, -0.15) is 0 Å². The number of carboxylic acids is 2. The monoisotopic (exact) mass is 426 g/mol. The van der Waals surface area contributed by atoms with E-state index < -0.39 is 23.9 Å². The average Bonchev–Trinajstić information content (AvgIpc) is 3.03. The molecule has 0 radical (unpaired) electrons. The largest absolute Gasteiger partial charge is 0.481 e. The molecule has 0 saturated heterocycles. The van der Waals surface area contributed by atoms with E-state index in [2.05, 4.69) is 34.6 Å². The average molecular weight is 426 g/mol. The molecule has 30 heavy (non-hydrogen) atoms. The van der Waals surface area contributed by atoms with Crippen molar-refractivity contribution >= 4 is 40.0 Å². The lowest BCUT2D eigenvalue weighted by Crippen LogP contribution is -2.41. The number of benzene rings is 2. The first-order chi connectivity index (χ1) is 14.3. The lowest BCUT2D eigenvalue weighted by molar-refractivity contribution is -0.143. The highest BCUT2D eigenvalue weighted by atomic mass is 32.1. The summed E-state index contributed by atoms with van der Waals surface area (Å²) in [4.78, 5) is 39.6. The molecule has 1 amide bonds. The van der Waals surface area contributed by atoms with Gasteiger partial charge in [0.25, 0.3) is 0 Å². The number of aryl methyl sites for hydroxylation is 1. The number of amides is 1. The number of carboxylic acid groups (broad SMARTS) is 2. The number of thiazole rings is 1. The Morgan fingerprint density at radius 2 is 1.83 bits per heavy atom. The summed E-state index contributed by atoms with van der Waals surface area (Å²) in [5, 5.41) is 23.5. The molecule has 0 saturated carbocycles. The van der Waals surface area contributed by atoms with E-state index >= 15 is 0 Å². The zero-order valence-electron chi connectivity index (χ0n) is 16.4. The summed E-state index contributed by atoms with van der Waals surface area (Å²) in [6.07, 6.45) is 0.164. The van der Waals surface area contributed by atoms with Crippen LogP contribution in [0.3, 0.4) is 0 Å². The lowest BCUT2D eigenvalue weighted by Gasteiger charge is -2.13. The van der Waals surface area contributed by atoms with E-state index in [-0.39, 0.29) is 19.3 Å². The minimum Gasteiger partial charge on any atom is -0.481 e. The zero-order chi connectivity index (χ0) is 21.7. The number of nitrogens with zero attached hydrogens (tertiary/aromatic N) is 1. The first-order valence-corrected chi connectivity index (χ1v) is 10.3. The maximum Gasteiger partial charge on any atom is 0.326 e. The number of carbonyl (C=O) groups is 3. The smallest absolute Gasteiger partial charge is 0.326 e. The van der Waals surface area contributed by atoms with Gasteiger partial charge in [-0.15, -0.1) is 11.3 Å². The lowest BCUT2D eigenvalue weighted by atomic mass is 10.0. The number of nitrogens with one attached hydrogen (secondary N) is 1. The van der Waals surface area contributed by atoms with Crippen LogP contribution in [0.4, 0.5) is 0 Å². The van der Waals surface area contributed by atoms with E-state index in [1.165, 1.54) is 11.3 Å². The fourth-order valence-corrected chi connectivity index (χ4v) is 4.35. The Bertz CT molecular complexity index is 1090. The van der Waals surface area contributed by atoms with Crippen molar-refractivity contribution in [3.05, 3.63) is 63.6 Å². The molecule has 156 valence electrons. The minimum absolute atomic E-state index is 0.00981. The van der Waals surface area contributed by atoms with Crippen molar-refractivity contribution in [2.75, 3.05) is 0 Å². The van der Waals surface area contributed by atoms with Gasteiger partial charge in [0.15, 0.2) is 0 Å². The van der Waals surface area contributed by atoms with Crippen molar-refractivity contribution < 1.29 is 24.6 Å². The number of aliphatic carboxylic acids is 2. The molecule has 0 aliphatic carbocycles. The van der Waals surface area contributed by atoms with Crippen LogP contribution in [0.15, 0.2) is 42.5 Å². The van der Waals surface area contributed by atoms with Crippen LogP contribution in [0.25, 0.3) is 10.8 Å². The molecule has 3 N–H and O–H groups in total. The molecule has 1 atom stereocenters. The quantitative estimate of drug-likeness (QED) is 0.484. The summed E-state index contributed by atoms with van der Waals surface area (Å²) >= 11 is 1.43. The standard InChI is InChI=1S/C22H22N2O5S/c1-13-18(12-19(25)24-17(22(28)29)9-10-21(26)27)30-20(23-13)11-15-7-4-6-14-5-2-3-8-16(14)15/h2-8,17H,9-12H2,1H3,(H,24,25)(H,26,27)(H,28,29). The van der Waals surface area contributed by atoms with Gasteiger partial charge in [-0.25, -0.2) is 9.78 Å². The maximum absolute atomic E-state index is 12.3. The van der Waals surface area contributed by atoms with E-state index in [1.807, 2.05) is 25.1 Å². The second kappa shape index (κ2) is 9.49. The van der Waals surface area contributed by atoms with Crippen LogP contribution in [0.1, 0.15) is 34.0 Å². The summed E-state index contributed by atoms with van der Waals surface area (Å²) in [5.74, 6) is -2.81. The number of rotatable bonds is 9. The predicted octanol–water partition coefficient (Wildman–Crippen LogP) is 3.17. The first kappa shape index (κ1) is 21.4. The summed E-state index contributed by atoms with van der Waals surface area (Å²) < 4.78 is 0. The number of hydrogen-bond acceptors (Lipinski definition) is 5. The highest BCUT2D eigenvalue weighted by molar-refractivity contribution is 7.11. The molecule has 1 heterocycles. The van der Waals surface area contributed by atoms with Crippen LogP contribution in [-0.4, -0.2) is 39.1 Å². The van der Waals surface area contributed by atoms with Crippen LogP contribution in [0.5, 0.6) is 0 Å². The minimum atomic E-state index is -1.25. The number of hydrogen-bond donors (Lipinski definition) is 3. The third-order valence-corrected chi connectivity index (χ3v) is 5.92. The van der Waals surface area contributed by atoms with Gasteiger partial charge in [-0.05, 0) is 29.7 Å². The second-order valence-electron chi connectivity index (χ2n) is 7.00. The summed E-state index contributed by atoms with van der Waals surface area (Å²) in [5.41, 5.74) is 1.89. The molecular weight excluding hydrogens is 404 g/mol. The Kier molecular flexibility index (Phi) is 6.79. The van der Waals surface area contributed by atoms with E-state index in [4.69, 9.17) is 5.11 Å². The number of aromatic nitrogens is 1. The Morgan fingerprint density at radius 3 is 2.57 bits per heavy atom. The third kappa shape index (κ3) is 5.42. The molecule has 0 fully saturated rings. The highest BCUT2D eigenvalue weighted by Crippen LogP contribution is 2.25. The van der Waals surface area contributed by atoms with Crippen molar-refractivity contribution in [3.63, 3.8) is 0 Å². The van der Waals surface area contributed by atoms with Gasteiger partial charge in [-0.3, -0.25) is 9.59 Å². The summed E-state index contributed by atoms with van der Waals surface area (Å²) in [6.45, 7) is 1.82. The van der Waals surface area contributed by atoms with Crippen molar-refractivity contribution in [2.45, 2.75) is 38.6 Å². The van der Waals surface area contributed by atoms with E-state index in [0.717, 1.165) is 31.9 Å². The summed E-state index contributed by atoms with van der Waals surface area (Å²) in [6, 6.07) is 13.0.